The first-order valence-corrected chi connectivity index (χ1v) is 12.9. The average Bonchev–Trinajstić information content (AvgIpc) is 3.19. The molecule has 2 aromatic heterocycles. The zero-order valence-corrected chi connectivity index (χ0v) is 20.1. The molecule has 0 saturated heterocycles. The molecule has 0 unspecified atom stereocenters. The summed E-state index contributed by atoms with van der Waals surface area (Å²) in [5.74, 6) is -0.729. The molecule has 186 valence electrons. The molecule has 0 aliphatic heterocycles. The Morgan fingerprint density at radius 1 is 1.11 bits per heavy atom. The molecule has 0 atom stereocenters. The van der Waals surface area contributed by atoms with Crippen molar-refractivity contribution in [2.45, 2.75) is 37.6 Å². The first kappa shape index (κ1) is 25.0. The first-order valence-electron chi connectivity index (χ1n) is 11.4. The van der Waals surface area contributed by atoms with Gasteiger partial charge >= 0.3 is 0 Å². The zero-order valence-electron chi connectivity index (χ0n) is 19.3. The van der Waals surface area contributed by atoms with Crippen molar-refractivity contribution in [3.05, 3.63) is 59.9 Å². The summed E-state index contributed by atoms with van der Waals surface area (Å²) in [4.78, 5) is 8.63. The number of halogens is 2. The van der Waals surface area contributed by atoms with Gasteiger partial charge in [0.1, 0.15) is 27.9 Å². The molecule has 4 rings (SSSR count). The minimum atomic E-state index is -4.12. The highest BCUT2D eigenvalue weighted by Gasteiger charge is 2.19. The molecule has 8 nitrogen and oxygen atoms in total. The molecule has 0 amide bonds. The van der Waals surface area contributed by atoms with E-state index in [4.69, 9.17) is 15.5 Å². The standard InChI is InChI=1S/C24H27F2N5O3S/c1-2-3-8-21-30-22-23(17-6-4-5-7-19(17)29-24(22)27)31(21)12-14-34-13-11-28-35(32,33)20-10-9-16(25)15-18(20)26/h4-7,9-10,15,28H,2-3,8,11-14H2,1H3,(H2,27,29). The molecule has 0 aliphatic carbocycles. The topological polar surface area (TPSA) is 112 Å². The number of anilines is 1. The summed E-state index contributed by atoms with van der Waals surface area (Å²) < 4.78 is 61.4. The molecule has 0 radical (unpaired) electrons. The SMILES string of the molecule is CCCCc1nc2c(N)nc3ccccc3c2n1CCOCCNS(=O)(=O)c1ccc(F)cc1F. The fourth-order valence-electron chi connectivity index (χ4n) is 3.95. The van der Waals surface area contributed by atoms with E-state index >= 15 is 0 Å². The quantitative estimate of drug-likeness (QED) is 0.301. The number of nitrogens with two attached hydrogens (primary N) is 1. The molecule has 2 aromatic carbocycles. The van der Waals surface area contributed by atoms with E-state index in [1.54, 1.807) is 0 Å². The highest BCUT2D eigenvalue weighted by molar-refractivity contribution is 7.89. The monoisotopic (exact) mass is 503 g/mol. The Labute approximate surface area is 202 Å². The largest absolute Gasteiger partial charge is 0.382 e. The van der Waals surface area contributed by atoms with Crippen LogP contribution in [0.1, 0.15) is 25.6 Å². The minimum absolute atomic E-state index is 0.0632. The Morgan fingerprint density at radius 3 is 2.69 bits per heavy atom. The second kappa shape index (κ2) is 10.6. The highest BCUT2D eigenvalue weighted by Crippen LogP contribution is 2.29. The van der Waals surface area contributed by atoms with Crippen molar-refractivity contribution in [2.24, 2.45) is 0 Å². The normalized spacial score (nSPS) is 12.1. The van der Waals surface area contributed by atoms with Gasteiger partial charge in [0.05, 0.1) is 24.2 Å². The van der Waals surface area contributed by atoms with Gasteiger partial charge in [-0.15, -0.1) is 0 Å². The number of aromatic nitrogens is 3. The van der Waals surface area contributed by atoms with Crippen LogP contribution in [0.4, 0.5) is 14.6 Å². The zero-order chi connectivity index (χ0) is 25.0. The molecule has 0 saturated carbocycles. The van der Waals surface area contributed by atoms with Crippen LogP contribution in [0.15, 0.2) is 47.4 Å². The number of nitrogens with one attached hydrogen (secondary N) is 1. The number of imidazole rings is 1. The summed E-state index contributed by atoms with van der Waals surface area (Å²) >= 11 is 0. The van der Waals surface area contributed by atoms with Gasteiger partial charge in [0.2, 0.25) is 10.0 Å². The molecule has 4 aromatic rings. The van der Waals surface area contributed by atoms with Crippen LogP contribution < -0.4 is 10.5 Å². The Bertz CT molecular complexity index is 1460. The van der Waals surface area contributed by atoms with Crippen LogP contribution in [0.25, 0.3) is 21.9 Å². The second-order valence-corrected chi connectivity index (χ2v) is 9.81. The van der Waals surface area contributed by atoms with Gasteiger partial charge < -0.3 is 15.0 Å². The van der Waals surface area contributed by atoms with E-state index in [-0.39, 0.29) is 13.2 Å². The number of pyridine rings is 1. The van der Waals surface area contributed by atoms with Crippen molar-refractivity contribution in [1.82, 2.24) is 19.3 Å². The molecule has 3 N–H and O–H groups in total. The van der Waals surface area contributed by atoms with E-state index in [0.29, 0.717) is 30.6 Å². The van der Waals surface area contributed by atoms with E-state index in [1.165, 1.54) is 0 Å². The average molecular weight is 504 g/mol. The number of para-hydroxylation sites is 1. The Balaban J connectivity index is 1.44. The molecular weight excluding hydrogens is 476 g/mol. The van der Waals surface area contributed by atoms with Gasteiger partial charge in [-0.3, -0.25) is 0 Å². The van der Waals surface area contributed by atoms with Crippen molar-refractivity contribution >= 4 is 37.8 Å². The summed E-state index contributed by atoms with van der Waals surface area (Å²) in [6.07, 6.45) is 2.77. The Hall–Kier alpha value is -3.15. The molecule has 0 spiro atoms. The lowest BCUT2D eigenvalue weighted by molar-refractivity contribution is 0.131. The number of nitrogens with zero attached hydrogens (tertiary/aromatic N) is 3. The predicted octanol–water partition coefficient (Wildman–Crippen LogP) is 3.78. The molecule has 0 bridgehead atoms. The first-order chi connectivity index (χ1) is 16.8. The van der Waals surface area contributed by atoms with E-state index < -0.39 is 26.6 Å². The molecule has 35 heavy (non-hydrogen) atoms. The van der Waals surface area contributed by atoms with Crippen molar-refractivity contribution in [3.8, 4) is 0 Å². The molecule has 0 fully saturated rings. The lowest BCUT2D eigenvalue weighted by atomic mass is 10.2. The number of fused-ring (bicyclic) bond motifs is 3. The van der Waals surface area contributed by atoms with Crippen LogP contribution in [-0.4, -0.2) is 42.7 Å². The van der Waals surface area contributed by atoms with Crippen LogP contribution in [0.2, 0.25) is 0 Å². The molecule has 11 heteroatoms. The van der Waals surface area contributed by atoms with Crippen LogP contribution in [-0.2, 0) is 27.7 Å². The van der Waals surface area contributed by atoms with E-state index in [0.717, 1.165) is 53.6 Å². The summed E-state index contributed by atoms with van der Waals surface area (Å²) in [5.41, 5.74) is 8.54. The number of hydrogen-bond donors (Lipinski definition) is 2. The summed E-state index contributed by atoms with van der Waals surface area (Å²) in [7, 11) is -4.12. The van der Waals surface area contributed by atoms with Crippen LogP contribution >= 0.6 is 0 Å². The van der Waals surface area contributed by atoms with E-state index in [9.17, 15) is 17.2 Å². The van der Waals surface area contributed by atoms with Gasteiger partial charge in [0, 0.05) is 31.0 Å². The molecule has 0 aliphatic rings. The van der Waals surface area contributed by atoms with Gasteiger partial charge in [-0.25, -0.2) is 31.9 Å². The smallest absolute Gasteiger partial charge is 0.243 e. The third kappa shape index (κ3) is 5.42. The molecular formula is C24H27F2N5O3S. The van der Waals surface area contributed by atoms with Crippen molar-refractivity contribution in [3.63, 3.8) is 0 Å². The van der Waals surface area contributed by atoms with Crippen LogP contribution in [0.5, 0.6) is 0 Å². The number of hydrogen-bond acceptors (Lipinski definition) is 6. The van der Waals surface area contributed by atoms with Crippen molar-refractivity contribution in [1.29, 1.82) is 0 Å². The van der Waals surface area contributed by atoms with Gasteiger partial charge in [-0.05, 0) is 24.6 Å². The van der Waals surface area contributed by atoms with Gasteiger partial charge in [0.15, 0.2) is 5.82 Å². The molecule has 2 heterocycles. The summed E-state index contributed by atoms with van der Waals surface area (Å²) in [6.45, 7) is 2.91. The van der Waals surface area contributed by atoms with Crippen molar-refractivity contribution < 1.29 is 21.9 Å². The van der Waals surface area contributed by atoms with Crippen LogP contribution in [0.3, 0.4) is 0 Å². The number of rotatable bonds is 11. The number of aryl methyl sites for hydroxylation is 1. The summed E-state index contributed by atoms with van der Waals surface area (Å²) in [6, 6.07) is 10.0. The van der Waals surface area contributed by atoms with E-state index in [2.05, 4.69) is 21.2 Å². The second-order valence-electron chi connectivity index (χ2n) is 8.08. The van der Waals surface area contributed by atoms with Gasteiger partial charge in [-0.2, -0.15) is 0 Å². The lowest BCUT2D eigenvalue weighted by Crippen LogP contribution is -2.28. The highest BCUT2D eigenvalue weighted by atomic mass is 32.2. The maximum Gasteiger partial charge on any atom is 0.243 e. The van der Waals surface area contributed by atoms with Crippen LogP contribution in [0, 0.1) is 11.6 Å². The fraction of sp³-hybridized carbons (Fsp3) is 0.333. The Morgan fingerprint density at radius 2 is 1.91 bits per heavy atom. The van der Waals surface area contributed by atoms with Gasteiger partial charge in [0.25, 0.3) is 0 Å². The number of unbranched alkanes of at least 4 members (excludes halogenated alkanes) is 1. The number of ether oxygens (including phenoxy) is 1. The third-order valence-corrected chi connectivity index (χ3v) is 7.12. The van der Waals surface area contributed by atoms with Gasteiger partial charge in [-0.1, -0.05) is 31.5 Å². The number of sulfonamides is 1. The predicted molar refractivity (Wildman–Crippen MR) is 130 cm³/mol. The lowest BCUT2D eigenvalue weighted by Gasteiger charge is -2.12. The third-order valence-electron chi connectivity index (χ3n) is 5.62. The van der Waals surface area contributed by atoms with Crippen molar-refractivity contribution in [2.75, 3.05) is 25.5 Å². The number of nitrogen functional groups attached to an aromatic ring is 1. The fourth-order valence-corrected chi connectivity index (χ4v) is 5.02. The maximum absolute atomic E-state index is 13.8. The minimum Gasteiger partial charge on any atom is -0.382 e. The van der Waals surface area contributed by atoms with E-state index in [1.807, 2.05) is 24.3 Å². The maximum atomic E-state index is 13.8. The summed E-state index contributed by atoms with van der Waals surface area (Å²) in [5, 5.41) is 0.945. The Kier molecular flexibility index (Phi) is 7.58. The number of benzene rings is 2.